The average molecular weight is 205 g/mol. The van der Waals surface area contributed by atoms with Gasteiger partial charge in [0.1, 0.15) is 0 Å². The van der Waals surface area contributed by atoms with Gasteiger partial charge in [0, 0.05) is 5.57 Å². The number of hydrogen-bond donors (Lipinski definition) is 0. The molecule has 12 heavy (non-hydrogen) atoms. The van der Waals surface area contributed by atoms with Gasteiger partial charge in [-0.25, -0.2) is 0 Å². The van der Waals surface area contributed by atoms with Crippen molar-refractivity contribution in [2.75, 3.05) is 0 Å². The molecule has 0 spiro atoms. The molecule has 0 radical (unpaired) electrons. The molecular formula is C8H6Cl2O2. The van der Waals surface area contributed by atoms with Crippen LogP contribution in [0.15, 0.2) is 36.5 Å². The molecule has 0 N–H and O–H groups in total. The molecular weight excluding hydrogens is 199 g/mol. The third-order valence-corrected chi connectivity index (χ3v) is 1.26. The van der Waals surface area contributed by atoms with Crippen molar-refractivity contribution in [2.45, 2.75) is 0 Å². The fourth-order valence-electron chi connectivity index (χ4n) is 0.469. The smallest absolute Gasteiger partial charge is 0.252 e. The highest BCUT2D eigenvalue weighted by Crippen LogP contribution is 2.03. The summed E-state index contributed by atoms with van der Waals surface area (Å²) in [5, 5.41) is -1.33. The van der Waals surface area contributed by atoms with Crippen LogP contribution in [0.5, 0.6) is 0 Å². The molecule has 0 aromatic carbocycles. The summed E-state index contributed by atoms with van der Waals surface area (Å²) in [7, 11) is 0. The molecule has 0 rings (SSSR count). The van der Waals surface area contributed by atoms with Crippen molar-refractivity contribution in [3.05, 3.63) is 36.5 Å². The summed E-state index contributed by atoms with van der Waals surface area (Å²) in [5.74, 6) is 0. The molecule has 0 saturated heterocycles. The van der Waals surface area contributed by atoms with E-state index in [0.717, 1.165) is 6.08 Å². The largest absolute Gasteiger partial charge is 0.276 e. The van der Waals surface area contributed by atoms with E-state index in [-0.39, 0.29) is 5.57 Å². The molecule has 0 aliphatic carbocycles. The fraction of sp³-hybridized carbons (Fsp3) is 0. The topological polar surface area (TPSA) is 34.1 Å². The summed E-state index contributed by atoms with van der Waals surface area (Å²) in [5.41, 5.74) is 0.167. The van der Waals surface area contributed by atoms with Gasteiger partial charge in [0.05, 0.1) is 0 Å². The van der Waals surface area contributed by atoms with Gasteiger partial charge >= 0.3 is 0 Å². The third-order valence-electron chi connectivity index (χ3n) is 0.918. The second-order valence-electron chi connectivity index (χ2n) is 1.77. The van der Waals surface area contributed by atoms with E-state index in [1.807, 2.05) is 0 Å². The molecule has 64 valence electrons. The third kappa shape index (κ3) is 4.88. The molecule has 4 heteroatoms. The summed E-state index contributed by atoms with van der Waals surface area (Å²) in [6.45, 7) is 3.37. The van der Waals surface area contributed by atoms with Crippen LogP contribution in [0.4, 0.5) is 0 Å². The number of carbonyl (C=O) groups is 2. The van der Waals surface area contributed by atoms with Gasteiger partial charge in [-0.1, -0.05) is 18.7 Å². The average Bonchev–Trinajstić information content (AvgIpc) is 1.96. The monoisotopic (exact) mass is 204 g/mol. The van der Waals surface area contributed by atoms with Crippen LogP contribution >= 0.6 is 23.2 Å². The van der Waals surface area contributed by atoms with E-state index in [9.17, 15) is 9.59 Å². The quantitative estimate of drug-likeness (QED) is 0.400. The van der Waals surface area contributed by atoms with E-state index in [0.29, 0.717) is 0 Å². The predicted molar refractivity (Wildman–Crippen MR) is 49.1 cm³/mol. The van der Waals surface area contributed by atoms with Gasteiger partial charge < -0.3 is 0 Å². The Morgan fingerprint density at radius 1 is 1.17 bits per heavy atom. The minimum absolute atomic E-state index is 0.167. The molecule has 0 aromatic rings. The van der Waals surface area contributed by atoms with Gasteiger partial charge in [0.25, 0.3) is 5.24 Å². The number of rotatable bonds is 4. The van der Waals surface area contributed by atoms with Gasteiger partial charge in [-0.05, 0) is 35.4 Å². The summed E-state index contributed by atoms with van der Waals surface area (Å²) >= 11 is 10.1. The van der Waals surface area contributed by atoms with Crippen molar-refractivity contribution in [3.63, 3.8) is 0 Å². The van der Waals surface area contributed by atoms with Gasteiger partial charge in [-0.3, -0.25) is 9.59 Å². The van der Waals surface area contributed by atoms with Crippen LogP contribution in [0, 0.1) is 0 Å². The summed E-state index contributed by atoms with van der Waals surface area (Å²) in [6, 6.07) is 0. The Bertz CT molecular complexity index is 264. The lowest BCUT2D eigenvalue weighted by Gasteiger charge is -1.88. The van der Waals surface area contributed by atoms with Crippen LogP contribution < -0.4 is 0 Å². The van der Waals surface area contributed by atoms with Crippen molar-refractivity contribution >= 4 is 33.7 Å². The van der Waals surface area contributed by atoms with E-state index in [1.165, 1.54) is 18.2 Å². The van der Waals surface area contributed by atoms with Crippen molar-refractivity contribution in [1.82, 2.24) is 0 Å². The van der Waals surface area contributed by atoms with E-state index in [4.69, 9.17) is 23.2 Å². The lowest BCUT2D eigenvalue weighted by Crippen LogP contribution is -1.89. The van der Waals surface area contributed by atoms with Crippen LogP contribution in [0.25, 0.3) is 0 Å². The van der Waals surface area contributed by atoms with Gasteiger partial charge in [-0.2, -0.15) is 0 Å². The number of carbonyl (C=O) groups excluding carboxylic acids is 2. The highest BCUT2D eigenvalue weighted by atomic mass is 35.5. The number of hydrogen-bond acceptors (Lipinski definition) is 2. The first kappa shape index (κ1) is 11.1. The fourth-order valence-corrected chi connectivity index (χ4v) is 0.658. The molecule has 0 unspecified atom stereocenters. The van der Waals surface area contributed by atoms with Gasteiger partial charge in [-0.15, -0.1) is 0 Å². The Labute approximate surface area is 80.2 Å². The Kier molecular flexibility index (Phi) is 5.34. The Morgan fingerprint density at radius 3 is 2.08 bits per heavy atom. The van der Waals surface area contributed by atoms with E-state index >= 15 is 0 Å². The maximum absolute atomic E-state index is 10.6. The molecule has 2 nitrogen and oxygen atoms in total. The molecule has 0 atom stereocenters. The van der Waals surface area contributed by atoms with Gasteiger partial charge in [0.15, 0.2) is 0 Å². The number of halogens is 2. The summed E-state index contributed by atoms with van der Waals surface area (Å²) in [6.07, 6.45) is 5.04. The van der Waals surface area contributed by atoms with E-state index in [1.54, 1.807) is 0 Å². The van der Waals surface area contributed by atoms with Crippen LogP contribution in [-0.2, 0) is 9.59 Å². The van der Waals surface area contributed by atoms with Crippen molar-refractivity contribution in [1.29, 1.82) is 0 Å². The van der Waals surface area contributed by atoms with Crippen molar-refractivity contribution < 1.29 is 9.59 Å². The normalized spacial score (nSPS) is 11.7. The molecule has 0 aromatic heterocycles. The Balaban J connectivity index is 4.55. The Hall–Kier alpha value is -0.860. The first-order chi connectivity index (χ1) is 5.57. The van der Waals surface area contributed by atoms with Crippen molar-refractivity contribution in [2.24, 2.45) is 0 Å². The van der Waals surface area contributed by atoms with Crippen LogP contribution in [0.2, 0.25) is 0 Å². The highest BCUT2D eigenvalue weighted by molar-refractivity contribution is 6.68. The van der Waals surface area contributed by atoms with Crippen LogP contribution in [0.3, 0.4) is 0 Å². The van der Waals surface area contributed by atoms with Gasteiger partial charge in [0.2, 0.25) is 5.24 Å². The molecule has 0 heterocycles. The molecule has 0 saturated carbocycles. The van der Waals surface area contributed by atoms with Crippen LogP contribution in [0.1, 0.15) is 0 Å². The maximum Gasteiger partial charge on any atom is 0.252 e. The molecule has 0 aliphatic rings. The zero-order valence-corrected chi connectivity index (χ0v) is 7.60. The zero-order valence-electron chi connectivity index (χ0n) is 6.09. The van der Waals surface area contributed by atoms with E-state index in [2.05, 4.69) is 6.58 Å². The molecule has 0 aliphatic heterocycles. The maximum atomic E-state index is 10.6. The number of allylic oxidation sites excluding steroid dienone is 5. The zero-order chi connectivity index (χ0) is 9.56. The Morgan fingerprint density at radius 2 is 1.75 bits per heavy atom. The summed E-state index contributed by atoms with van der Waals surface area (Å²) < 4.78 is 0. The predicted octanol–water partition coefficient (Wildman–Crippen LogP) is 2.19. The standard InChI is InChI=1S/C8H6Cl2O2/c1-2-3-6(8(10)12)4-5-7(9)11/h2-5H,1H2/b5-4+,6-3+. The first-order valence-electron chi connectivity index (χ1n) is 2.98. The van der Waals surface area contributed by atoms with Crippen molar-refractivity contribution in [3.8, 4) is 0 Å². The SMILES string of the molecule is C=C/C=C(\C=C\C(=O)Cl)C(=O)Cl. The van der Waals surface area contributed by atoms with E-state index < -0.39 is 10.5 Å². The lowest BCUT2D eigenvalue weighted by atomic mass is 10.2. The molecule has 0 amide bonds. The minimum atomic E-state index is -0.664. The van der Waals surface area contributed by atoms with Crippen LogP contribution in [-0.4, -0.2) is 10.5 Å². The summed E-state index contributed by atoms with van der Waals surface area (Å²) in [4.78, 5) is 20.8. The second kappa shape index (κ2) is 5.75. The highest BCUT2D eigenvalue weighted by Gasteiger charge is 2.00. The second-order valence-corrected chi connectivity index (χ2v) is 2.48. The first-order valence-corrected chi connectivity index (χ1v) is 3.73. The minimum Gasteiger partial charge on any atom is -0.276 e. The molecule has 0 fully saturated rings. The molecule has 0 bridgehead atoms. The lowest BCUT2D eigenvalue weighted by molar-refractivity contribution is -0.108.